The third-order valence-corrected chi connectivity index (χ3v) is 4.54. The number of anilines is 1. The standard InChI is InChI=1S/C18H20ClN3O2/c1-2-15-10-16(22-8-4-6-13(11-22)18(23)24)21-17(20-15)12-5-3-7-14(19)9-12/h3,5,7,9-10,13H,2,4,6,8,11H2,1H3,(H,23,24). The van der Waals surface area contributed by atoms with Gasteiger partial charge in [0.1, 0.15) is 5.82 Å². The summed E-state index contributed by atoms with van der Waals surface area (Å²) in [7, 11) is 0. The Kier molecular flexibility index (Phi) is 5.00. The van der Waals surface area contributed by atoms with E-state index in [1.54, 1.807) is 0 Å². The topological polar surface area (TPSA) is 66.3 Å². The number of carbonyl (C=O) groups is 1. The van der Waals surface area contributed by atoms with Crippen LogP contribution in [0.15, 0.2) is 30.3 Å². The number of aromatic nitrogens is 2. The van der Waals surface area contributed by atoms with E-state index in [-0.39, 0.29) is 5.92 Å². The molecule has 0 spiro atoms. The minimum absolute atomic E-state index is 0.339. The summed E-state index contributed by atoms with van der Waals surface area (Å²) in [6.07, 6.45) is 2.37. The average molecular weight is 346 g/mol. The van der Waals surface area contributed by atoms with Crippen LogP contribution in [-0.4, -0.2) is 34.1 Å². The van der Waals surface area contributed by atoms with Gasteiger partial charge < -0.3 is 10.0 Å². The molecule has 1 saturated heterocycles. The maximum absolute atomic E-state index is 11.3. The minimum Gasteiger partial charge on any atom is -0.481 e. The zero-order valence-corrected chi connectivity index (χ0v) is 14.3. The molecule has 5 nitrogen and oxygen atoms in total. The number of hydrogen-bond acceptors (Lipinski definition) is 4. The smallest absolute Gasteiger partial charge is 0.308 e. The Hall–Kier alpha value is -2.14. The number of carboxylic acid groups (broad SMARTS) is 1. The van der Waals surface area contributed by atoms with Crippen molar-refractivity contribution in [1.82, 2.24) is 9.97 Å². The predicted molar refractivity (Wildman–Crippen MR) is 94.4 cm³/mol. The number of nitrogens with zero attached hydrogens (tertiary/aromatic N) is 3. The van der Waals surface area contributed by atoms with Gasteiger partial charge in [-0.15, -0.1) is 0 Å². The molecule has 0 radical (unpaired) electrons. The summed E-state index contributed by atoms with van der Waals surface area (Å²) in [5.74, 6) is 0.347. The first-order valence-electron chi connectivity index (χ1n) is 8.18. The molecule has 2 heterocycles. The van der Waals surface area contributed by atoms with Crippen molar-refractivity contribution in [1.29, 1.82) is 0 Å². The third kappa shape index (κ3) is 3.67. The summed E-state index contributed by atoms with van der Waals surface area (Å²) in [6, 6.07) is 9.42. The Morgan fingerprint density at radius 3 is 2.92 bits per heavy atom. The van der Waals surface area contributed by atoms with Crippen LogP contribution in [0.3, 0.4) is 0 Å². The highest BCUT2D eigenvalue weighted by atomic mass is 35.5. The molecule has 0 bridgehead atoms. The Morgan fingerprint density at radius 2 is 2.21 bits per heavy atom. The van der Waals surface area contributed by atoms with E-state index in [0.29, 0.717) is 17.4 Å². The van der Waals surface area contributed by atoms with E-state index in [1.165, 1.54) is 0 Å². The van der Waals surface area contributed by atoms with E-state index in [9.17, 15) is 9.90 Å². The number of piperidine rings is 1. The summed E-state index contributed by atoms with van der Waals surface area (Å²) >= 11 is 6.08. The molecule has 1 aliphatic rings. The largest absolute Gasteiger partial charge is 0.481 e. The van der Waals surface area contributed by atoms with Gasteiger partial charge in [0.2, 0.25) is 0 Å². The summed E-state index contributed by atoms with van der Waals surface area (Å²) in [6.45, 7) is 3.35. The van der Waals surface area contributed by atoms with Gasteiger partial charge in [-0.25, -0.2) is 9.97 Å². The molecule has 1 aromatic heterocycles. The molecule has 0 amide bonds. The minimum atomic E-state index is -0.737. The zero-order valence-electron chi connectivity index (χ0n) is 13.6. The second kappa shape index (κ2) is 7.18. The molecule has 3 rings (SSSR count). The highest BCUT2D eigenvalue weighted by molar-refractivity contribution is 6.30. The van der Waals surface area contributed by atoms with Crippen LogP contribution in [0.25, 0.3) is 11.4 Å². The van der Waals surface area contributed by atoms with E-state index >= 15 is 0 Å². The average Bonchev–Trinajstić information content (AvgIpc) is 2.61. The van der Waals surface area contributed by atoms with Crippen LogP contribution in [0.2, 0.25) is 5.02 Å². The van der Waals surface area contributed by atoms with Gasteiger partial charge in [-0.05, 0) is 31.4 Å². The maximum Gasteiger partial charge on any atom is 0.308 e. The second-order valence-corrected chi connectivity index (χ2v) is 6.46. The Balaban J connectivity index is 1.96. The van der Waals surface area contributed by atoms with E-state index in [0.717, 1.165) is 42.9 Å². The zero-order chi connectivity index (χ0) is 17.1. The first-order valence-corrected chi connectivity index (χ1v) is 8.56. The van der Waals surface area contributed by atoms with Crippen molar-refractivity contribution in [2.75, 3.05) is 18.0 Å². The monoisotopic (exact) mass is 345 g/mol. The van der Waals surface area contributed by atoms with Crippen LogP contribution in [0.5, 0.6) is 0 Å². The van der Waals surface area contributed by atoms with Gasteiger partial charge >= 0.3 is 5.97 Å². The van der Waals surface area contributed by atoms with Crippen molar-refractivity contribution in [3.8, 4) is 11.4 Å². The number of aliphatic carboxylic acids is 1. The number of rotatable bonds is 4. The molecular formula is C18H20ClN3O2. The summed E-state index contributed by atoms with van der Waals surface area (Å²) in [5, 5.41) is 9.93. The molecule has 1 N–H and O–H groups in total. The van der Waals surface area contributed by atoms with Crippen LogP contribution in [0.4, 0.5) is 5.82 Å². The van der Waals surface area contributed by atoms with Gasteiger partial charge in [-0.2, -0.15) is 0 Å². The summed E-state index contributed by atoms with van der Waals surface area (Å²) < 4.78 is 0. The van der Waals surface area contributed by atoms with Gasteiger partial charge in [0.15, 0.2) is 5.82 Å². The molecule has 6 heteroatoms. The number of hydrogen-bond donors (Lipinski definition) is 1. The Labute approximate surface area is 146 Å². The van der Waals surface area contributed by atoms with Gasteiger partial charge in [-0.1, -0.05) is 30.7 Å². The van der Waals surface area contributed by atoms with Gasteiger partial charge in [0.05, 0.1) is 5.92 Å². The van der Waals surface area contributed by atoms with Gasteiger partial charge in [-0.3, -0.25) is 4.79 Å². The van der Waals surface area contributed by atoms with E-state index < -0.39 is 5.97 Å². The van der Waals surface area contributed by atoms with Crippen LogP contribution in [-0.2, 0) is 11.2 Å². The normalized spacial score (nSPS) is 17.8. The van der Waals surface area contributed by atoms with Crippen molar-refractivity contribution in [2.24, 2.45) is 5.92 Å². The molecule has 0 aliphatic carbocycles. The lowest BCUT2D eigenvalue weighted by Crippen LogP contribution is -2.39. The fourth-order valence-corrected chi connectivity index (χ4v) is 3.16. The first kappa shape index (κ1) is 16.7. The molecule has 126 valence electrons. The fourth-order valence-electron chi connectivity index (χ4n) is 2.97. The number of aryl methyl sites for hydroxylation is 1. The van der Waals surface area contributed by atoms with Gasteiger partial charge in [0, 0.05) is 35.4 Å². The lowest BCUT2D eigenvalue weighted by atomic mass is 9.98. The molecule has 1 fully saturated rings. The SMILES string of the molecule is CCc1cc(N2CCCC(C(=O)O)C2)nc(-c2cccc(Cl)c2)n1. The molecule has 2 aromatic rings. The van der Waals surface area contributed by atoms with Crippen molar-refractivity contribution >= 4 is 23.4 Å². The predicted octanol–water partition coefficient (Wildman–Crippen LogP) is 3.66. The third-order valence-electron chi connectivity index (χ3n) is 4.31. The van der Waals surface area contributed by atoms with E-state index in [2.05, 4.69) is 14.9 Å². The molecule has 1 aromatic carbocycles. The van der Waals surface area contributed by atoms with Crippen molar-refractivity contribution < 1.29 is 9.90 Å². The number of benzene rings is 1. The lowest BCUT2D eigenvalue weighted by molar-refractivity contribution is -0.141. The second-order valence-electron chi connectivity index (χ2n) is 6.03. The number of carboxylic acids is 1. The Morgan fingerprint density at radius 1 is 1.38 bits per heavy atom. The molecule has 0 saturated carbocycles. The van der Waals surface area contributed by atoms with Crippen molar-refractivity contribution in [3.63, 3.8) is 0 Å². The molecule has 24 heavy (non-hydrogen) atoms. The molecule has 1 atom stereocenters. The van der Waals surface area contributed by atoms with E-state index in [1.807, 2.05) is 37.3 Å². The van der Waals surface area contributed by atoms with Gasteiger partial charge in [0.25, 0.3) is 0 Å². The highest BCUT2D eigenvalue weighted by Crippen LogP contribution is 2.26. The first-order chi connectivity index (χ1) is 11.6. The maximum atomic E-state index is 11.3. The van der Waals surface area contributed by atoms with E-state index in [4.69, 9.17) is 11.6 Å². The molecule has 1 aliphatic heterocycles. The summed E-state index contributed by atoms with van der Waals surface area (Å²) in [5.41, 5.74) is 1.80. The molecular weight excluding hydrogens is 326 g/mol. The van der Waals surface area contributed by atoms with Crippen LogP contribution < -0.4 is 4.90 Å². The highest BCUT2D eigenvalue weighted by Gasteiger charge is 2.26. The van der Waals surface area contributed by atoms with Crippen LogP contribution in [0.1, 0.15) is 25.5 Å². The summed E-state index contributed by atoms with van der Waals surface area (Å²) in [4.78, 5) is 22.6. The van der Waals surface area contributed by atoms with Crippen LogP contribution >= 0.6 is 11.6 Å². The Bertz CT molecular complexity index is 751. The number of halogens is 1. The quantitative estimate of drug-likeness (QED) is 0.916. The van der Waals surface area contributed by atoms with Crippen LogP contribution in [0, 0.1) is 5.92 Å². The van der Waals surface area contributed by atoms with Crippen molar-refractivity contribution in [3.05, 3.63) is 41.0 Å². The fraction of sp³-hybridized carbons (Fsp3) is 0.389. The van der Waals surface area contributed by atoms with Crippen molar-refractivity contribution in [2.45, 2.75) is 26.2 Å². The lowest BCUT2D eigenvalue weighted by Gasteiger charge is -2.32. The molecule has 1 unspecified atom stereocenters.